The molecular weight excluding hydrogens is 235 g/mol. The van der Waals surface area contributed by atoms with Crippen LogP contribution >= 0.6 is 23.2 Å². The number of hydrogen-bond donors (Lipinski definition) is 0. The van der Waals surface area contributed by atoms with Crippen LogP contribution in [0.4, 0.5) is 0 Å². The third kappa shape index (κ3) is 1.68. The second kappa shape index (κ2) is 3.76. The van der Waals surface area contributed by atoms with Crippen LogP contribution in [0.1, 0.15) is 17.3 Å². The summed E-state index contributed by atoms with van der Waals surface area (Å²) in [6.07, 6.45) is 1.59. The van der Waals surface area contributed by atoms with Crippen molar-refractivity contribution in [1.29, 1.82) is 0 Å². The lowest BCUT2D eigenvalue weighted by molar-refractivity contribution is 0.101. The minimum absolute atomic E-state index is 0.119. The van der Waals surface area contributed by atoms with Crippen molar-refractivity contribution < 1.29 is 4.79 Å². The highest BCUT2D eigenvalue weighted by molar-refractivity contribution is 6.42. The van der Waals surface area contributed by atoms with Crippen molar-refractivity contribution in [3.8, 4) is 0 Å². The van der Waals surface area contributed by atoms with E-state index in [9.17, 15) is 4.79 Å². The first kappa shape index (κ1) is 10.3. The Morgan fingerprint density at radius 2 is 2.13 bits per heavy atom. The first-order chi connectivity index (χ1) is 7.11. The molecule has 0 aliphatic heterocycles. The minimum atomic E-state index is -0.218. The molecule has 0 aliphatic rings. The van der Waals surface area contributed by atoms with Crippen molar-refractivity contribution in [2.24, 2.45) is 0 Å². The quantitative estimate of drug-likeness (QED) is 0.569. The maximum absolute atomic E-state index is 11.3. The van der Waals surface area contributed by atoms with Crippen molar-refractivity contribution in [2.45, 2.75) is 6.92 Å². The molecule has 5 heteroatoms. The predicted octanol–water partition coefficient (Wildman–Crippen LogP) is 3.14. The predicted molar refractivity (Wildman–Crippen MR) is 59.6 cm³/mol. The van der Waals surface area contributed by atoms with E-state index in [0.717, 1.165) is 0 Å². The molecule has 0 N–H and O–H groups in total. The van der Waals surface area contributed by atoms with Gasteiger partial charge in [-0.2, -0.15) is 0 Å². The van der Waals surface area contributed by atoms with E-state index in [4.69, 9.17) is 23.2 Å². The molecule has 0 unspecified atom stereocenters. The van der Waals surface area contributed by atoms with E-state index in [2.05, 4.69) is 9.97 Å². The SMILES string of the molecule is CC(=O)c1c(Cl)nc2cccnc2c1Cl. The molecule has 0 radical (unpaired) electrons. The molecular formula is C10H6Cl2N2O. The molecule has 2 aromatic heterocycles. The molecule has 0 aromatic carbocycles. The molecule has 2 heterocycles. The average molecular weight is 241 g/mol. The molecule has 2 aromatic rings. The Morgan fingerprint density at radius 3 is 2.80 bits per heavy atom. The minimum Gasteiger partial charge on any atom is -0.294 e. The van der Waals surface area contributed by atoms with Gasteiger partial charge in [0, 0.05) is 6.20 Å². The fourth-order valence-electron chi connectivity index (χ4n) is 1.33. The van der Waals surface area contributed by atoms with Gasteiger partial charge < -0.3 is 0 Å². The van der Waals surface area contributed by atoms with Gasteiger partial charge >= 0.3 is 0 Å². The van der Waals surface area contributed by atoms with E-state index in [-0.39, 0.29) is 21.5 Å². The Kier molecular flexibility index (Phi) is 2.59. The average Bonchev–Trinajstić information content (AvgIpc) is 2.17. The number of hydrogen-bond acceptors (Lipinski definition) is 3. The lowest BCUT2D eigenvalue weighted by Crippen LogP contribution is -1.99. The zero-order chi connectivity index (χ0) is 11.0. The van der Waals surface area contributed by atoms with Gasteiger partial charge in [0.1, 0.15) is 10.7 Å². The summed E-state index contributed by atoms with van der Waals surface area (Å²) < 4.78 is 0. The van der Waals surface area contributed by atoms with Crippen molar-refractivity contribution >= 4 is 40.0 Å². The molecule has 0 saturated carbocycles. The van der Waals surface area contributed by atoms with Gasteiger partial charge in [0.05, 0.1) is 16.1 Å². The first-order valence-electron chi connectivity index (χ1n) is 4.22. The number of rotatable bonds is 1. The molecule has 2 rings (SSSR count). The third-order valence-electron chi connectivity index (χ3n) is 1.99. The van der Waals surface area contributed by atoms with E-state index < -0.39 is 0 Å². The Balaban J connectivity index is 2.90. The molecule has 0 amide bonds. The molecule has 0 bridgehead atoms. The van der Waals surface area contributed by atoms with Crippen LogP contribution in [0.5, 0.6) is 0 Å². The summed E-state index contributed by atoms with van der Waals surface area (Å²) in [6.45, 7) is 1.39. The van der Waals surface area contributed by atoms with E-state index >= 15 is 0 Å². The number of fused-ring (bicyclic) bond motifs is 1. The highest BCUT2D eigenvalue weighted by atomic mass is 35.5. The summed E-state index contributed by atoms with van der Waals surface area (Å²) in [5.74, 6) is -0.218. The Hall–Kier alpha value is -1.19. The van der Waals surface area contributed by atoms with Gasteiger partial charge in [-0.1, -0.05) is 23.2 Å². The summed E-state index contributed by atoms with van der Waals surface area (Å²) in [6, 6.07) is 3.47. The smallest absolute Gasteiger partial charge is 0.164 e. The molecule has 0 fully saturated rings. The number of aromatic nitrogens is 2. The lowest BCUT2D eigenvalue weighted by Gasteiger charge is -2.05. The van der Waals surface area contributed by atoms with Crippen molar-refractivity contribution in [3.05, 3.63) is 34.1 Å². The van der Waals surface area contributed by atoms with Crippen LogP contribution in [-0.2, 0) is 0 Å². The van der Waals surface area contributed by atoms with E-state index in [1.54, 1.807) is 18.3 Å². The summed E-state index contributed by atoms with van der Waals surface area (Å²) in [7, 11) is 0. The summed E-state index contributed by atoms with van der Waals surface area (Å²) >= 11 is 11.9. The highest BCUT2D eigenvalue weighted by Gasteiger charge is 2.16. The van der Waals surface area contributed by atoms with E-state index in [1.807, 2.05) is 0 Å². The largest absolute Gasteiger partial charge is 0.294 e. The maximum Gasteiger partial charge on any atom is 0.164 e. The number of halogens is 2. The Labute approximate surface area is 96.1 Å². The Morgan fingerprint density at radius 1 is 1.40 bits per heavy atom. The zero-order valence-electron chi connectivity index (χ0n) is 7.79. The monoisotopic (exact) mass is 240 g/mol. The van der Waals surface area contributed by atoms with Crippen molar-refractivity contribution in [3.63, 3.8) is 0 Å². The fraction of sp³-hybridized carbons (Fsp3) is 0.100. The molecule has 76 valence electrons. The van der Waals surface area contributed by atoms with Gasteiger partial charge in [0.25, 0.3) is 0 Å². The van der Waals surface area contributed by atoms with Gasteiger partial charge in [-0.05, 0) is 19.1 Å². The summed E-state index contributed by atoms with van der Waals surface area (Å²) in [5.41, 5.74) is 1.30. The first-order valence-corrected chi connectivity index (χ1v) is 4.97. The van der Waals surface area contributed by atoms with Gasteiger partial charge in [-0.3, -0.25) is 9.78 Å². The van der Waals surface area contributed by atoms with Crippen LogP contribution in [0.15, 0.2) is 18.3 Å². The van der Waals surface area contributed by atoms with Crippen LogP contribution in [0.2, 0.25) is 10.2 Å². The Bertz CT molecular complexity index is 554. The maximum atomic E-state index is 11.3. The summed E-state index contributed by atoms with van der Waals surface area (Å²) in [5, 5.41) is 0.381. The van der Waals surface area contributed by atoms with Crippen LogP contribution in [-0.4, -0.2) is 15.8 Å². The number of ketones is 1. The molecule has 15 heavy (non-hydrogen) atoms. The third-order valence-corrected chi connectivity index (χ3v) is 2.63. The molecule has 0 aliphatic carbocycles. The topological polar surface area (TPSA) is 42.9 Å². The number of nitrogens with zero attached hydrogens (tertiary/aromatic N) is 2. The molecule has 3 nitrogen and oxygen atoms in total. The second-order valence-electron chi connectivity index (χ2n) is 3.02. The fourth-order valence-corrected chi connectivity index (χ4v) is 2.06. The lowest BCUT2D eigenvalue weighted by atomic mass is 10.2. The number of carbonyl (C=O) groups excluding carboxylic acids is 1. The van der Waals surface area contributed by atoms with Gasteiger partial charge in [0.15, 0.2) is 5.78 Å². The van der Waals surface area contributed by atoms with Gasteiger partial charge in [-0.25, -0.2) is 4.98 Å². The van der Waals surface area contributed by atoms with Crippen molar-refractivity contribution in [1.82, 2.24) is 9.97 Å². The molecule has 0 spiro atoms. The van der Waals surface area contributed by atoms with Gasteiger partial charge in [0.2, 0.25) is 0 Å². The van der Waals surface area contributed by atoms with E-state index in [1.165, 1.54) is 6.92 Å². The number of carbonyl (C=O) groups is 1. The van der Waals surface area contributed by atoms with Crippen LogP contribution in [0.25, 0.3) is 11.0 Å². The van der Waals surface area contributed by atoms with Gasteiger partial charge in [-0.15, -0.1) is 0 Å². The summed E-state index contributed by atoms with van der Waals surface area (Å²) in [4.78, 5) is 19.4. The zero-order valence-corrected chi connectivity index (χ0v) is 9.30. The van der Waals surface area contributed by atoms with Crippen LogP contribution in [0, 0.1) is 0 Å². The van der Waals surface area contributed by atoms with Crippen LogP contribution < -0.4 is 0 Å². The van der Waals surface area contributed by atoms with Crippen LogP contribution in [0.3, 0.4) is 0 Å². The molecule has 0 saturated heterocycles. The van der Waals surface area contributed by atoms with Crippen molar-refractivity contribution in [2.75, 3.05) is 0 Å². The van der Waals surface area contributed by atoms with E-state index in [0.29, 0.717) is 11.0 Å². The standard InChI is InChI=1S/C10H6Cl2N2O/c1-5(15)7-8(11)9-6(14-10(7)12)3-2-4-13-9/h2-4H,1H3. The number of Topliss-reactive ketones (excluding diaryl/α,β-unsaturated/α-hetero) is 1. The second-order valence-corrected chi connectivity index (χ2v) is 3.75. The highest BCUT2D eigenvalue weighted by Crippen LogP contribution is 2.29. The normalized spacial score (nSPS) is 10.6. The number of pyridine rings is 2. The molecule has 0 atom stereocenters.